The molecule has 2 N–H and O–H groups in total. The Kier molecular flexibility index (Phi) is 3.36. The number of hydrogen-bond donors (Lipinski definition) is 2. The molecule has 0 bridgehead atoms. The lowest BCUT2D eigenvalue weighted by molar-refractivity contribution is -0.119. The number of rotatable bonds is 2. The van der Waals surface area contributed by atoms with Gasteiger partial charge < -0.3 is 10.6 Å². The van der Waals surface area contributed by atoms with Gasteiger partial charge in [0.1, 0.15) is 0 Å². The zero-order chi connectivity index (χ0) is 8.10. The maximum absolute atomic E-state index is 10.6. The number of nitrogens with one attached hydrogen (secondary N) is 2. The lowest BCUT2D eigenvalue weighted by atomic mass is 10.00. The van der Waals surface area contributed by atoms with E-state index in [0.717, 1.165) is 19.6 Å². The van der Waals surface area contributed by atoms with Crippen molar-refractivity contribution in [3.05, 3.63) is 0 Å². The van der Waals surface area contributed by atoms with E-state index in [9.17, 15) is 4.79 Å². The van der Waals surface area contributed by atoms with Crippen molar-refractivity contribution in [2.75, 3.05) is 19.6 Å². The summed E-state index contributed by atoms with van der Waals surface area (Å²) < 4.78 is 0. The molecule has 1 heterocycles. The summed E-state index contributed by atoms with van der Waals surface area (Å²) in [5.74, 6) is 0.725. The van der Waals surface area contributed by atoms with Gasteiger partial charge in [-0.1, -0.05) is 0 Å². The Bertz CT molecular complexity index is 130. The van der Waals surface area contributed by atoms with Crippen molar-refractivity contribution >= 4 is 5.91 Å². The first kappa shape index (κ1) is 8.53. The van der Waals surface area contributed by atoms with Gasteiger partial charge in [0.05, 0.1) is 0 Å². The molecule has 1 unspecified atom stereocenters. The predicted octanol–water partition coefficient (Wildman–Crippen LogP) is 0.122. The second-order valence-corrected chi connectivity index (χ2v) is 3.15. The van der Waals surface area contributed by atoms with E-state index in [1.54, 1.807) is 6.92 Å². The molecule has 1 rings (SSSR count). The Morgan fingerprint density at radius 1 is 1.73 bits per heavy atom. The van der Waals surface area contributed by atoms with Crippen LogP contribution in [0.5, 0.6) is 0 Å². The van der Waals surface area contributed by atoms with Crippen LogP contribution in [0.25, 0.3) is 0 Å². The van der Waals surface area contributed by atoms with Crippen molar-refractivity contribution < 1.29 is 4.79 Å². The Hall–Kier alpha value is -0.570. The third-order valence-electron chi connectivity index (χ3n) is 2.04. The van der Waals surface area contributed by atoms with Gasteiger partial charge in [0, 0.05) is 13.5 Å². The molecule has 0 saturated carbocycles. The molecule has 3 nitrogen and oxygen atoms in total. The number of amides is 1. The van der Waals surface area contributed by atoms with Crippen molar-refractivity contribution in [3.63, 3.8) is 0 Å². The highest BCUT2D eigenvalue weighted by atomic mass is 16.1. The summed E-state index contributed by atoms with van der Waals surface area (Å²) in [6.07, 6.45) is 2.48. The molecular formula is C8H16N2O. The fourth-order valence-electron chi connectivity index (χ4n) is 1.39. The quantitative estimate of drug-likeness (QED) is 0.596. The topological polar surface area (TPSA) is 41.1 Å². The summed E-state index contributed by atoms with van der Waals surface area (Å²) in [4.78, 5) is 10.6. The normalized spacial score (nSPS) is 24.6. The molecule has 3 heteroatoms. The lowest BCUT2D eigenvalue weighted by Gasteiger charge is -2.22. The Morgan fingerprint density at radius 2 is 2.55 bits per heavy atom. The van der Waals surface area contributed by atoms with E-state index in [2.05, 4.69) is 10.6 Å². The molecule has 0 aromatic rings. The van der Waals surface area contributed by atoms with Crippen LogP contribution in [0.2, 0.25) is 0 Å². The highest BCUT2D eigenvalue weighted by Crippen LogP contribution is 2.07. The van der Waals surface area contributed by atoms with Crippen LogP contribution in [0.1, 0.15) is 19.8 Å². The van der Waals surface area contributed by atoms with Crippen LogP contribution in [-0.4, -0.2) is 25.5 Å². The molecule has 0 aliphatic carbocycles. The van der Waals surface area contributed by atoms with Crippen LogP contribution >= 0.6 is 0 Å². The molecule has 1 fully saturated rings. The van der Waals surface area contributed by atoms with Gasteiger partial charge in [0.25, 0.3) is 0 Å². The molecule has 1 atom stereocenters. The van der Waals surface area contributed by atoms with Crippen LogP contribution in [0, 0.1) is 5.92 Å². The standard InChI is InChI=1S/C8H16N2O/c1-7(11)10-6-8-3-2-4-9-5-8/h8-9H,2-6H2,1H3,(H,10,11). The maximum atomic E-state index is 10.6. The Labute approximate surface area is 67.5 Å². The van der Waals surface area contributed by atoms with E-state index < -0.39 is 0 Å². The number of hydrogen-bond acceptors (Lipinski definition) is 2. The van der Waals surface area contributed by atoms with Gasteiger partial charge in [-0.3, -0.25) is 4.79 Å². The van der Waals surface area contributed by atoms with Gasteiger partial charge in [-0.2, -0.15) is 0 Å². The minimum atomic E-state index is 0.0792. The van der Waals surface area contributed by atoms with Crippen LogP contribution in [-0.2, 0) is 4.79 Å². The van der Waals surface area contributed by atoms with E-state index in [1.807, 2.05) is 0 Å². The molecule has 0 aromatic carbocycles. The van der Waals surface area contributed by atoms with Crippen molar-refractivity contribution in [1.29, 1.82) is 0 Å². The second-order valence-electron chi connectivity index (χ2n) is 3.15. The second kappa shape index (κ2) is 4.34. The van der Waals surface area contributed by atoms with E-state index >= 15 is 0 Å². The predicted molar refractivity (Wildman–Crippen MR) is 44.3 cm³/mol. The number of carbonyl (C=O) groups excluding carboxylic acids is 1. The molecule has 1 aliphatic heterocycles. The summed E-state index contributed by atoms with van der Waals surface area (Å²) in [5, 5.41) is 6.14. The van der Waals surface area contributed by atoms with Crippen LogP contribution in [0.4, 0.5) is 0 Å². The first-order valence-corrected chi connectivity index (χ1v) is 4.24. The van der Waals surface area contributed by atoms with Crippen LogP contribution in [0.3, 0.4) is 0 Å². The molecule has 1 amide bonds. The fraction of sp³-hybridized carbons (Fsp3) is 0.875. The zero-order valence-electron chi connectivity index (χ0n) is 7.02. The molecule has 1 aliphatic rings. The molecule has 0 radical (unpaired) electrons. The summed E-state index contributed by atoms with van der Waals surface area (Å²) in [6.45, 7) is 4.59. The third-order valence-corrected chi connectivity index (χ3v) is 2.04. The highest BCUT2D eigenvalue weighted by molar-refractivity contribution is 5.72. The van der Waals surface area contributed by atoms with Gasteiger partial charge in [-0.05, 0) is 31.8 Å². The molecule has 64 valence electrons. The molecule has 11 heavy (non-hydrogen) atoms. The van der Waals surface area contributed by atoms with Crippen LogP contribution in [0.15, 0.2) is 0 Å². The van der Waals surface area contributed by atoms with E-state index in [4.69, 9.17) is 0 Å². The largest absolute Gasteiger partial charge is 0.356 e. The van der Waals surface area contributed by atoms with Crippen molar-refractivity contribution in [3.8, 4) is 0 Å². The summed E-state index contributed by atoms with van der Waals surface area (Å²) in [5.41, 5.74) is 0. The first-order chi connectivity index (χ1) is 5.29. The smallest absolute Gasteiger partial charge is 0.216 e. The molecule has 0 aromatic heterocycles. The third kappa shape index (κ3) is 3.37. The molecular weight excluding hydrogens is 140 g/mol. The van der Waals surface area contributed by atoms with Gasteiger partial charge in [0.2, 0.25) is 5.91 Å². The minimum Gasteiger partial charge on any atom is -0.356 e. The highest BCUT2D eigenvalue weighted by Gasteiger charge is 2.12. The van der Waals surface area contributed by atoms with E-state index in [1.165, 1.54) is 12.8 Å². The summed E-state index contributed by atoms with van der Waals surface area (Å²) >= 11 is 0. The van der Waals surface area contributed by atoms with E-state index in [-0.39, 0.29) is 5.91 Å². The average Bonchev–Trinajstić information content (AvgIpc) is 2.03. The van der Waals surface area contributed by atoms with Crippen molar-refractivity contribution in [2.45, 2.75) is 19.8 Å². The van der Waals surface area contributed by atoms with Gasteiger partial charge in [-0.25, -0.2) is 0 Å². The minimum absolute atomic E-state index is 0.0792. The van der Waals surface area contributed by atoms with Gasteiger partial charge >= 0.3 is 0 Å². The van der Waals surface area contributed by atoms with Crippen LogP contribution < -0.4 is 10.6 Å². The van der Waals surface area contributed by atoms with E-state index in [0.29, 0.717) is 5.92 Å². The van der Waals surface area contributed by atoms with Gasteiger partial charge in [0.15, 0.2) is 0 Å². The van der Waals surface area contributed by atoms with Crippen molar-refractivity contribution in [2.24, 2.45) is 5.92 Å². The lowest BCUT2D eigenvalue weighted by Crippen LogP contribution is -2.37. The maximum Gasteiger partial charge on any atom is 0.216 e. The molecule has 0 spiro atoms. The monoisotopic (exact) mass is 156 g/mol. The SMILES string of the molecule is CC(=O)NCC1CCCNC1. The number of piperidine rings is 1. The summed E-state index contributed by atoms with van der Waals surface area (Å²) in [6, 6.07) is 0. The Morgan fingerprint density at radius 3 is 3.09 bits per heavy atom. The zero-order valence-corrected chi connectivity index (χ0v) is 7.02. The molecule has 1 saturated heterocycles. The summed E-state index contributed by atoms with van der Waals surface area (Å²) in [7, 11) is 0. The number of carbonyl (C=O) groups is 1. The average molecular weight is 156 g/mol. The van der Waals surface area contributed by atoms with Gasteiger partial charge in [-0.15, -0.1) is 0 Å². The first-order valence-electron chi connectivity index (χ1n) is 4.24. The Balaban J connectivity index is 2.09. The fourth-order valence-corrected chi connectivity index (χ4v) is 1.39. The van der Waals surface area contributed by atoms with Crippen molar-refractivity contribution in [1.82, 2.24) is 10.6 Å².